The van der Waals surface area contributed by atoms with E-state index in [2.05, 4.69) is 63.5 Å². The van der Waals surface area contributed by atoms with Crippen LogP contribution in [0.5, 0.6) is 11.5 Å². The van der Waals surface area contributed by atoms with Crippen molar-refractivity contribution in [3.8, 4) is 11.5 Å². The standard InChI is InChI=1S/C24H32N4O2/c1-18-13-22(29-4)23(30-5)15-20(18)17-27(3)24(25-2)26-16-19-9-8-10-21(14-19)28-11-6-7-12-28/h6-10,13-15H,11-12,16-17H2,1-5H3,(H,25,26). The largest absolute Gasteiger partial charge is 0.493 e. The van der Waals surface area contributed by atoms with Crippen LogP contribution in [-0.4, -0.2) is 52.3 Å². The Morgan fingerprint density at radius 1 is 1.10 bits per heavy atom. The molecule has 0 aromatic heterocycles. The Labute approximate surface area is 179 Å². The quantitative estimate of drug-likeness (QED) is 0.431. The molecule has 1 aliphatic heterocycles. The highest BCUT2D eigenvalue weighted by Crippen LogP contribution is 2.30. The molecular formula is C24H32N4O2. The number of nitrogens with zero attached hydrogens (tertiary/aromatic N) is 3. The van der Waals surface area contributed by atoms with Crippen LogP contribution in [0.2, 0.25) is 0 Å². The van der Waals surface area contributed by atoms with Crippen molar-refractivity contribution in [3.05, 3.63) is 65.2 Å². The average molecular weight is 409 g/mol. The molecule has 160 valence electrons. The lowest BCUT2D eigenvalue weighted by molar-refractivity contribution is 0.353. The van der Waals surface area contributed by atoms with Crippen LogP contribution in [0, 0.1) is 6.92 Å². The van der Waals surface area contributed by atoms with E-state index >= 15 is 0 Å². The van der Waals surface area contributed by atoms with Gasteiger partial charge in [-0.25, -0.2) is 0 Å². The molecule has 6 nitrogen and oxygen atoms in total. The normalized spacial score (nSPS) is 13.5. The molecule has 0 fully saturated rings. The van der Waals surface area contributed by atoms with Gasteiger partial charge in [0.2, 0.25) is 0 Å². The first kappa shape index (κ1) is 21.6. The number of methoxy groups -OCH3 is 2. The maximum absolute atomic E-state index is 5.46. The minimum Gasteiger partial charge on any atom is -0.493 e. The van der Waals surface area contributed by atoms with Gasteiger partial charge in [0.1, 0.15) is 0 Å². The van der Waals surface area contributed by atoms with E-state index < -0.39 is 0 Å². The summed E-state index contributed by atoms with van der Waals surface area (Å²) in [6, 6.07) is 12.7. The highest BCUT2D eigenvalue weighted by molar-refractivity contribution is 5.79. The maximum Gasteiger partial charge on any atom is 0.193 e. The van der Waals surface area contributed by atoms with Crippen molar-refractivity contribution in [2.45, 2.75) is 20.0 Å². The van der Waals surface area contributed by atoms with Crippen molar-refractivity contribution in [2.24, 2.45) is 4.99 Å². The minimum atomic E-state index is 0.714. The lowest BCUT2D eigenvalue weighted by Gasteiger charge is -2.24. The number of rotatable bonds is 7. The molecule has 0 radical (unpaired) electrons. The molecule has 1 N–H and O–H groups in total. The number of guanidine groups is 1. The van der Waals surface area contributed by atoms with Crippen molar-refractivity contribution < 1.29 is 9.47 Å². The third-order valence-corrected chi connectivity index (χ3v) is 5.37. The Bertz CT molecular complexity index is 915. The Kier molecular flexibility index (Phi) is 7.22. The van der Waals surface area contributed by atoms with E-state index in [-0.39, 0.29) is 0 Å². The smallest absolute Gasteiger partial charge is 0.193 e. The van der Waals surface area contributed by atoms with Crippen LogP contribution in [0.1, 0.15) is 16.7 Å². The van der Waals surface area contributed by atoms with Crippen molar-refractivity contribution in [1.29, 1.82) is 0 Å². The first-order chi connectivity index (χ1) is 14.5. The number of aliphatic imine (C=N–C) groups is 1. The third-order valence-electron chi connectivity index (χ3n) is 5.37. The molecule has 3 rings (SSSR count). The number of hydrogen-bond acceptors (Lipinski definition) is 4. The summed E-state index contributed by atoms with van der Waals surface area (Å²) in [6.07, 6.45) is 4.41. The zero-order valence-corrected chi connectivity index (χ0v) is 18.6. The van der Waals surface area contributed by atoms with Crippen molar-refractivity contribution in [3.63, 3.8) is 0 Å². The molecule has 0 saturated carbocycles. The van der Waals surface area contributed by atoms with Crippen LogP contribution in [0.3, 0.4) is 0 Å². The summed E-state index contributed by atoms with van der Waals surface area (Å²) < 4.78 is 10.9. The zero-order valence-electron chi connectivity index (χ0n) is 18.6. The van der Waals surface area contributed by atoms with E-state index in [9.17, 15) is 0 Å². The minimum absolute atomic E-state index is 0.714. The lowest BCUT2D eigenvalue weighted by atomic mass is 10.1. The molecule has 1 heterocycles. The van der Waals surface area contributed by atoms with Crippen molar-refractivity contribution >= 4 is 11.6 Å². The van der Waals surface area contributed by atoms with Gasteiger partial charge >= 0.3 is 0 Å². The van der Waals surface area contributed by atoms with Gasteiger partial charge in [-0.1, -0.05) is 24.3 Å². The van der Waals surface area contributed by atoms with Crippen molar-refractivity contribution in [1.82, 2.24) is 10.2 Å². The van der Waals surface area contributed by atoms with Crippen LogP contribution < -0.4 is 19.7 Å². The number of aryl methyl sites for hydroxylation is 1. The van der Waals surface area contributed by atoms with Gasteiger partial charge in [-0.2, -0.15) is 0 Å². The summed E-state index contributed by atoms with van der Waals surface area (Å²) in [7, 11) is 7.17. The molecule has 2 aromatic rings. The Morgan fingerprint density at radius 2 is 1.80 bits per heavy atom. The van der Waals surface area contributed by atoms with Crippen LogP contribution in [0.25, 0.3) is 0 Å². The number of benzene rings is 2. The number of hydrogen-bond donors (Lipinski definition) is 1. The van der Waals surface area contributed by atoms with Gasteiger partial charge in [0.25, 0.3) is 0 Å². The molecule has 0 unspecified atom stereocenters. The Morgan fingerprint density at radius 3 is 2.47 bits per heavy atom. The van der Waals surface area contributed by atoms with E-state index in [1.165, 1.54) is 16.8 Å². The monoisotopic (exact) mass is 408 g/mol. The second-order valence-electron chi connectivity index (χ2n) is 7.44. The topological polar surface area (TPSA) is 49.3 Å². The number of nitrogens with one attached hydrogen (secondary N) is 1. The fourth-order valence-corrected chi connectivity index (χ4v) is 3.64. The summed E-state index contributed by atoms with van der Waals surface area (Å²) in [6.45, 7) is 5.47. The lowest BCUT2D eigenvalue weighted by Crippen LogP contribution is -2.38. The average Bonchev–Trinajstić information content (AvgIpc) is 3.30. The predicted molar refractivity (Wildman–Crippen MR) is 124 cm³/mol. The molecule has 30 heavy (non-hydrogen) atoms. The number of anilines is 1. The van der Waals surface area contributed by atoms with E-state index in [0.717, 1.165) is 42.7 Å². The molecule has 2 aromatic carbocycles. The molecule has 0 spiro atoms. The molecule has 0 amide bonds. The fraction of sp³-hybridized carbons (Fsp3) is 0.375. The summed E-state index contributed by atoms with van der Waals surface area (Å²) >= 11 is 0. The summed E-state index contributed by atoms with van der Waals surface area (Å²) in [5, 5.41) is 3.48. The van der Waals surface area contributed by atoms with Gasteiger partial charge < -0.3 is 24.6 Å². The molecular weight excluding hydrogens is 376 g/mol. The zero-order chi connectivity index (χ0) is 21.5. The van der Waals surface area contributed by atoms with Crippen LogP contribution in [0.4, 0.5) is 5.69 Å². The molecule has 1 aliphatic rings. The molecule has 0 saturated heterocycles. The summed E-state index contributed by atoms with van der Waals surface area (Å²) in [5.41, 5.74) is 4.81. The van der Waals surface area contributed by atoms with E-state index in [0.29, 0.717) is 6.54 Å². The van der Waals surface area contributed by atoms with Gasteiger partial charge in [0.05, 0.1) is 14.2 Å². The number of ether oxygens (including phenoxy) is 2. The van der Waals surface area contributed by atoms with Crippen LogP contribution in [-0.2, 0) is 13.1 Å². The van der Waals surface area contributed by atoms with Gasteiger partial charge in [0.15, 0.2) is 17.5 Å². The first-order valence-corrected chi connectivity index (χ1v) is 10.2. The molecule has 6 heteroatoms. The third kappa shape index (κ3) is 5.06. The second kappa shape index (κ2) is 10.1. The first-order valence-electron chi connectivity index (χ1n) is 10.2. The van der Waals surface area contributed by atoms with Crippen molar-refractivity contribution in [2.75, 3.05) is 46.3 Å². The SMILES string of the molecule is CN=C(NCc1cccc(N2CC=CC2)c1)N(C)Cc1cc(OC)c(OC)cc1C. The molecule has 0 bridgehead atoms. The second-order valence-corrected chi connectivity index (χ2v) is 7.44. The van der Waals surface area contributed by atoms with Crippen LogP contribution >= 0.6 is 0 Å². The fourth-order valence-electron chi connectivity index (χ4n) is 3.64. The van der Waals surface area contributed by atoms with Gasteiger partial charge in [0, 0.05) is 46.0 Å². The molecule has 0 atom stereocenters. The highest BCUT2D eigenvalue weighted by atomic mass is 16.5. The predicted octanol–water partition coefficient (Wildman–Crippen LogP) is 3.60. The van der Waals surface area contributed by atoms with Crippen LogP contribution in [0.15, 0.2) is 53.5 Å². The van der Waals surface area contributed by atoms with E-state index in [4.69, 9.17) is 9.47 Å². The Hall–Kier alpha value is -3.15. The van der Waals surface area contributed by atoms with Gasteiger partial charge in [-0.05, 0) is 47.9 Å². The highest BCUT2D eigenvalue weighted by Gasteiger charge is 2.13. The Balaban J connectivity index is 1.65. The van der Waals surface area contributed by atoms with E-state index in [1.807, 2.05) is 26.2 Å². The van der Waals surface area contributed by atoms with Gasteiger partial charge in [-0.3, -0.25) is 4.99 Å². The maximum atomic E-state index is 5.46. The summed E-state index contributed by atoms with van der Waals surface area (Å²) in [4.78, 5) is 8.93. The van der Waals surface area contributed by atoms with E-state index in [1.54, 1.807) is 14.2 Å². The summed E-state index contributed by atoms with van der Waals surface area (Å²) in [5.74, 6) is 2.33. The molecule has 0 aliphatic carbocycles. The van der Waals surface area contributed by atoms with Gasteiger partial charge in [-0.15, -0.1) is 0 Å².